The Morgan fingerprint density at radius 2 is 0.912 bits per heavy atom. The smallest absolute Gasteiger partial charge is 0.247 e. The lowest BCUT2D eigenvalue weighted by Crippen LogP contribution is -3.04. The van der Waals surface area contributed by atoms with Gasteiger partial charge < -0.3 is 0 Å². The van der Waals surface area contributed by atoms with Gasteiger partial charge in [-0.3, -0.25) is 0 Å². The quantitative estimate of drug-likeness (QED) is 0.327. The lowest BCUT2D eigenvalue weighted by molar-refractivity contribution is -0.567. The molecule has 0 aromatic heterocycles. The van der Waals surface area contributed by atoms with Crippen molar-refractivity contribution < 1.29 is 87.8 Å². The van der Waals surface area contributed by atoms with Crippen LogP contribution in [-0.4, -0.2) is 72.1 Å². The van der Waals surface area contributed by atoms with Crippen LogP contribution in [0.4, 0.5) is 87.8 Å². The molecule has 202 valence electrons. The van der Waals surface area contributed by atoms with Gasteiger partial charge in [-0.05, 0) is 0 Å². The van der Waals surface area contributed by atoms with Crippen molar-refractivity contribution in [2.24, 2.45) is 5.41 Å². The number of halogens is 20. The lowest BCUT2D eigenvalue weighted by Gasteiger charge is -2.76. The topological polar surface area (TPSA) is 0 Å². The summed E-state index contributed by atoms with van der Waals surface area (Å²) >= 11 is 0. The largest absolute Gasteiger partial charge is 0.453 e. The Morgan fingerprint density at radius 3 is 1.24 bits per heavy atom. The van der Waals surface area contributed by atoms with Gasteiger partial charge in [0.25, 0.3) is 5.67 Å². The number of fused-ring (bicyclic) bond motifs is 1. The third-order valence-electron chi connectivity index (χ3n) is 6.19. The average molecular weight is 554 g/mol. The summed E-state index contributed by atoms with van der Waals surface area (Å²) in [6.07, 6.45) is -12.3. The first-order chi connectivity index (χ1) is 14.6. The van der Waals surface area contributed by atoms with Crippen molar-refractivity contribution >= 4 is 0 Å². The van der Waals surface area contributed by atoms with E-state index in [1.54, 1.807) is 0 Å². The van der Waals surface area contributed by atoms with E-state index in [2.05, 4.69) is 0 Å². The Bertz CT molecular complexity index is 843. The SMILES string of the molecule is FCC(F)(F)[C@@]1(F)[C@@](F)(CF)[C@]2(CC(F)(F)C(F)(F)F)C(F)(F)C(F)(F)C(F)(F)C(F)(F)[C@@]12F. The summed E-state index contributed by atoms with van der Waals surface area (Å²) in [5.74, 6) is -46.7. The van der Waals surface area contributed by atoms with Gasteiger partial charge in [0.2, 0.25) is 5.67 Å². The molecule has 0 heterocycles. The highest BCUT2D eigenvalue weighted by Gasteiger charge is 3.16. The first-order valence-corrected chi connectivity index (χ1v) is 8.10. The summed E-state index contributed by atoms with van der Waals surface area (Å²) in [4.78, 5) is 0. The van der Waals surface area contributed by atoms with Gasteiger partial charge in [0, 0.05) is 6.42 Å². The highest BCUT2D eigenvalue weighted by molar-refractivity contribution is 5.50. The van der Waals surface area contributed by atoms with Crippen LogP contribution in [0.25, 0.3) is 0 Å². The summed E-state index contributed by atoms with van der Waals surface area (Å²) in [6.45, 7) is -8.32. The molecular formula is C14H6F20. The number of rotatable bonds is 5. The summed E-state index contributed by atoms with van der Waals surface area (Å²) in [6, 6.07) is 0. The summed E-state index contributed by atoms with van der Waals surface area (Å²) in [5.41, 5.74) is -29.6. The van der Waals surface area contributed by atoms with Gasteiger partial charge in [0.05, 0.1) is 0 Å². The predicted octanol–water partition coefficient (Wildman–Crippen LogP) is 6.83. The maximum absolute atomic E-state index is 15.3. The zero-order valence-electron chi connectivity index (χ0n) is 15.2. The first-order valence-electron chi connectivity index (χ1n) is 8.10. The Labute approximate surface area is 173 Å². The molecule has 0 bridgehead atoms. The predicted molar refractivity (Wildman–Crippen MR) is 66.3 cm³/mol. The molecule has 0 aromatic carbocycles. The molecule has 0 spiro atoms. The van der Waals surface area contributed by atoms with Crippen molar-refractivity contribution in [1.82, 2.24) is 0 Å². The number of hydrogen-bond acceptors (Lipinski definition) is 0. The van der Waals surface area contributed by atoms with Crippen LogP contribution in [0.2, 0.25) is 0 Å². The molecule has 2 aliphatic rings. The molecule has 2 fully saturated rings. The standard InChI is InChI=1S/C14H6F20/c15-2-5(17)4(1-6(18,19)14(32,33)34)8(22,9(5,23)7(20,21)3-16)11(26,27)13(30,31)12(28,29)10(4,24)25/h1-3H2/t4-,5+,8-,9-/m0/s1. The van der Waals surface area contributed by atoms with Crippen LogP contribution in [0, 0.1) is 5.41 Å². The van der Waals surface area contributed by atoms with E-state index in [1.165, 1.54) is 0 Å². The minimum absolute atomic E-state index is 4.05. The third-order valence-corrected chi connectivity index (χ3v) is 6.19. The molecule has 0 N–H and O–H groups in total. The molecule has 0 radical (unpaired) electrons. The highest BCUT2D eigenvalue weighted by Crippen LogP contribution is 2.88. The molecule has 20 heteroatoms. The van der Waals surface area contributed by atoms with Crippen LogP contribution < -0.4 is 0 Å². The number of alkyl halides is 20. The third kappa shape index (κ3) is 2.23. The number of hydrogen-bond donors (Lipinski definition) is 0. The molecule has 0 unspecified atom stereocenters. The molecule has 34 heavy (non-hydrogen) atoms. The lowest BCUT2D eigenvalue weighted by atomic mass is 9.32. The van der Waals surface area contributed by atoms with Crippen molar-refractivity contribution in [2.75, 3.05) is 13.3 Å². The molecule has 0 saturated heterocycles. The van der Waals surface area contributed by atoms with Gasteiger partial charge >= 0.3 is 41.7 Å². The molecule has 0 amide bonds. The van der Waals surface area contributed by atoms with Gasteiger partial charge in [-0.25, -0.2) is 22.0 Å². The van der Waals surface area contributed by atoms with Gasteiger partial charge in [0.15, 0.2) is 12.3 Å². The Kier molecular flexibility index (Phi) is 5.49. The van der Waals surface area contributed by atoms with E-state index in [0.717, 1.165) is 0 Å². The maximum Gasteiger partial charge on any atom is 0.453 e. The van der Waals surface area contributed by atoms with Gasteiger partial charge in [-0.2, -0.15) is 65.9 Å². The molecule has 0 nitrogen and oxygen atoms in total. The van der Waals surface area contributed by atoms with Crippen molar-refractivity contribution in [3.63, 3.8) is 0 Å². The van der Waals surface area contributed by atoms with Gasteiger partial charge in [-0.15, -0.1) is 0 Å². The molecular weight excluding hydrogens is 548 g/mol. The van der Waals surface area contributed by atoms with Crippen molar-refractivity contribution in [1.29, 1.82) is 0 Å². The fraction of sp³-hybridized carbons (Fsp3) is 1.00. The second kappa shape index (κ2) is 6.47. The summed E-state index contributed by atoms with van der Waals surface area (Å²) in [7, 11) is 0. The van der Waals surface area contributed by atoms with E-state index >= 15 is 8.78 Å². The van der Waals surface area contributed by atoms with Crippen LogP contribution in [0.15, 0.2) is 0 Å². The van der Waals surface area contributed by atoms with Crippen LogP contribution >= 0.6 is 0 Å². The molecule has 4 atom stereocenters. The van der Waals surface area contributed by atoms with Crippen LogP contribution in [0.3, 0.4) is 0 Å². The molecule has 0 aromatic rings. The first kappa shape index (κ1) is 28.8. The molecule has 2 aliphatic carbocycles. The molecule has 2 saturated carbocycles. The normalized spacial score (nSPS) is 40.9. The monoisotopic (exact) mass is 554 g/mol. The fourth-order valence-corrected chi connectivity index (χ4v) is 4.55. The van der Waals surface area contributed by atoms with Crippen LogP contribution in [0.1, 0.15) is 6.42 Å². The van der Waals surface area contributed by atoms with E-state index in [-0.39, 0.29) is 0 Å². The zero-order chi connectivity index (χ0) is 27.6. The second-order valence-corrected chi connectivity index (χ2v) is 7.67. The zero-order valence-corrected chi connectivity index (χ0v) is 15.2. The summed E-state index contributed by atoms with van der Waals surface area (Å²) in [5, 5.41) is 0. The highest BCUT2D eigenvalue weighted by atomic mass is 19.4. The van der Waals surface area contributed by atoms with Crippen LogP contribution in [0.5, 0.6) is 0 Å². The molecule has 0 aliphatic heterocycles. The van der Waals surface area contributed by atoms with Gasteiger partial charge in [-0.1, -0.05) is 0 Å². The van der Waals surface area contributed by atoms with E-state index in [4.69, 9.17) is 0 Å². The van der Waals surface area contributed by atoms with Crippen molar-refractivity contribution in [3.05, 3.63) is 0 Å². The van der Waals surface area contributed by atoms with E-state index in [1.807, 2.05) is 0 Å². The Balaban J connectivity index is 3.23. The maximum atomic E-state index is 15.3. The summed E-state index contributed by atoms with van der Waals surface area (Å²) < 4.78 is 275. The van der Waals surface area contributed by atoms with E-state index in [9.17, 15) is 79.0 Å². The van der Waals surface area contributed by atoms with Gasteiger partial charge in [0.1, 0.15) is 12.1 Å². The van der Waals surface area contributed by atoms with Crippen molar-refractivity contribution in [2.45, 2.75) is 65.1 Å². The van der Waals surface area contributed by atoms with Crippen molar-refractivity contribution in [3.8, 4) is 0 Å². The van der Waals surface area contributed by atoms with E-state index < -0.39 is 83.9 Å². The van der Waals surface area contributed by atoms with Crippen LogP contribution in [-0.2, 0) is 0 Å². The van der Waals surface area contributed by atoms with E-state index in [0.29, 0.717) is 0 Å². The average Bonchev–Trinajstić information content (AvgIpc) is 2.67. The Hall–Kier alpha value is -1.40. The second-order valence-electron chi connectivity index (χ2n) is 7.67. The Morgan fingerprint density at radius 1 is 0.529 bits per heavy atom. The minimum atomic E-state index is -8.19. The fourth-order valence-electron chi connectivity index (χ4n) is 4.55. The minimum Gasteiger partial charge on any atom is -0.247 e. The molecule has 2 rings (SSSR count).